The van der Waals surface area contributed by atoms with Gasteiger partial charge in [0.2, 0.25) is 5.91 Å². The second-order valence-electron chi connectivity index (χ2n) is 10.7. The molecule has 0 radical (unpaired) electrons. The van der Waals surface area contributed by atoms with Gasteiger partial charge in [0.15, 0.2) is 0 Å². The number of unbranched alkanes of at least 4 members (excludes halogenated alkanes) is 9. The van der Waals surface area contributed by atoms with Crippen LogP contribution in [0.25, 0.3) is 0 Å². The second kappa shape index (κ2) is 21.9. The molecular weight excluding hydrogens is 491 g/mol. The summed E-state index contributed by atoms with van der Waals surface area (Å²) in [6, 6.07) is -0.880. The maximum atomic E-state index is 12.5. The van der Waals surface area contributed by atoms with Crippen LogP contribution in [0, 0.1) is 0 Å². The minimum atomic E-state index is -4.55. The first-order valence-electron chi connectivity index (χ1n) is 14.2. The quantitative estimate of drug-likeness (QED) is 0.0740. The van der Waals surface area contributed by atoms with E-state index in [-0.39, 0.29) is 19.1 Å². The SMILES string of the molecule is CCC/C=C\CCCCCCCC(=O)NC(COP(=O)([O-])OCC[N+](C)(C)C)C(O)/C=C/CCCCC. The number of allylic oxidation sites excluding steroid dienone is 3. The van der Waals surface area contributed by atoms with Crippen molar-refractivity contribution in [2.75, 3.05) is 40.9 Å². The molecule has 37 heavy (non-hydrogen) atoms. The molecule has 8 nitrogen and oxygen atoms in total. The molecule has 0 rings (SSSR count). The van der Waals surface area contributed by atoms with Crippen LogP contribution in [-0.2, 0) is 18.4 Å². The van der Waals surface area contributed by atoms with Gasteiger partial charge in [0.25, 0.3) is 7.82 Å². The zero-order valence-corrected chi connectivity index (χ0v) is 25.1. The molecule has 0 saturated carbocycles. The highest BCUT2D eigenvalue weighted by molar-refractivity contribution is 7.45. The Morgan fingerprint density at radius 2 is 1.54 bits per heavy atom. The Morgan fingerprint density at radius 3 is 2.22 bits per heavy atom. The number of carbonyl (C=O) groups is 1. The summed E-state index contributed by atoms with van der Waals surface area (Å²) in [7, 11) is 1.24. The summed E-state index contributed by atoms with van der Waals surface area (Å²) >= 11 is 0. The van der Waals surface area contributed by atoms with Gasteiger partial charge in [-0.25, -0.2) is 0 Å². The average Bonchev–Trinajstić information content (AvgIpc) is 2.81. The van der Waals surface area contributed by atoms with Gasteiger partial charge in [-0.3, -0.25) is 9.36 Å². The molecule has 3 atom stereocenters. The fourth-order valence-electron chi connectivity index (χ4n) is 3.50. The third-order valence-corrected chi connectivity index (χ3v) is 6.85. The Labute approximate surface area is 226 Å². The van der Waals surface area contributed by atoms with E-state index in [0.717, 1.165) is 70.6 Å². The molecule has 3 unspecified atom stereocenters. The number of phosphoric ester groups is 1. The monoisotopic (exact) mass is 546 g/mol. The first-order valence-corrected chi connectivity index (χ1v) is 15.7. The number of likely N-dealkylation sites (N-methyl/N-ethyl adjacent to an activating group) is 1. The van der Waals surface area contributed by atoms with E-state index < -0.39 is 20.0 Å². The van der Waals surface area contributed by atoms with Crippen LogP contribution in [0.4, 0.5) is 0 Å². The number of amides is 1. The van der Waals surface area contributed by atoms with Crippen molar-refractivity contribution in [3.8, 4) is 0 Å². The van der Waals surface area contributed by atoms with Crippen molar-refractivity contribution in [3.63, 3.8) is 0 Å². The van der Waals surface area contributed by atoms with Crippen LogP contribution < -0.4 is 10.2 Å². The molecule has 0 aromatic rings. The number of nitrogens with zero attached hydrogens (tertiary/aromatic N) is 1. The minimum Gasteiger partial charge on any atom is -0.756 e. The van der Waals surface area contributed by atoms with Gasteiger partial charge in [0.1, 0.15) is 13.2 Å². The molecule has 0 aliphatic rings. The molecule has 0 bridgehead atoms. The molecule has 1 amide bonds. The fourth-order valence-corrected chi connectivity index (χ4v) is 4.23. The molecule has 0 aliphatic heterocycles. The van der Waals surface area contributed by atoms with Crippen molar-refractivity contribution in [1.29, 1.82) is 0 Å². The van der Waals surface area contributed by atoms with E-state index in [0.29, 0.717) is 17.4 Å². The first kappa shape index (κ1) is 36.0. The van der Waals surface area contributed by atoms with E-state index in [1.165, 1.54) is 6.42 Å². The summed E-state index contributed by atoms with van der Waals surface area (Å²) in [6.45, 7) is 4.40. The van der Waals surface area contributed by atoms with Crippen LogP contribution in [0.5, 0.6) is 0 Å². The standard InChI is InChI=1S/C28H55N2O6P/c1-6-8-10-12-13-14-15-16-18-20-22-28(32)29-26(27(31)21-19-17-11-9-7-2)25-36-37(33,34)35-24-23-30(3,4)5/h10,12,19,21,26-27,31H,6-9,11,13-18,20,22-25H2,1-5H3,(H-,29,32,33,34)/b12-10-,21-19+. The molecule has 0 aliphatic carbocycles. The summed E-state index contributed by atoms with van der Waals surface area (Å²) in [5.74, 6) is -0.221. The number of quaternary nitrogens is 1. The van der Waals surface area contributed by atoms with Crippen LogP contribution in [0.1, 0.15) is 97.3 Å². The van der Waals surface area contributed by atoms with E-state index in [1.807, 2.05) is 27.2 Å². The van der Waals surface area contributed by atoms with Crippen LogP contribution in [0.2, 0.25) is 0 Å². The summed E-state index contributed by atoms with van der Waals surface area (Å²) < 4.78 is 22.7. The third-order valence-electron chi connectivity index (χ3n) is 5.89. The minimum absolute atomic E-state index is 0.00375. The lowest BCUT2D eigenvalue weighted by Crippen LogP contribution is -2.45. The van der Waals surface area contributed by atoms with E-state index in [1.54, 1.807) is 6.08 Å². The molecule has 0 spiro atoms. The number of phosphoric acid groups is 1. The van der Waals surface area contributed by atoms with Gasteiger partial charge in [0, 0.05) is 6.42 Å². The molecule has 2 N–H and O–H groups in total. The Hall–Kier alpha value is -1.02. The number of nitrogens with one attached hydrogen (secondary N) is 1. The predicted octanol–water partition coefficient (Wildman–Crippen LogP) is 5.26. The van der Waals surface area contributed by atoms with Gasteiger partial charge in [-0.15, -0.1) is 0 Å². The van der Waals surface area contributed by atoms with Crippen LogP contribution in [0.15, 0.2) is 24.3 Å². The van der Waals surface area contributed by atoms with E-state index >= 15 is 0 Å². The lowest BCUT2D eigenvalue weighted by Gasteiger charge is -2.29. The normalized spacial score (nSPS) is 15.8. The highest BCUT2D eigenvalue weighted by atomic mass is 31.2. The van der Waals surface area contributed by atoms with Gasteiger partial charge in [-0.1, -0.05) is 76.7 Å². The maximum Gasteiger partial charge on any atom is 0.268 e. The maximum absolute atomic E-state index is 12.5. The second-order valence-corrected chi connectivity index (χ2v) is 12.2. The lowest BCUT2D eigenvalue weighted by molar-refractivity contribution is -0.870. The molecule has 0 aromatic heterocycles. The molecular formula is C28H55N2O6P. The van der Waals surface area contributed by atoms with Crippen molar-refractivity contribution in [1.82, 2.24) is 5.32 Å². The highest BCUT2D eigenvalue weighted by Gasteiger charge is 2.23. The van der Waals surface area contributed by atoms with E-state index in [2.05, 4.69) is 31.3 Å². The topological polar surface area (TPSA) is 108 Å². The van der Waals surface area contributed by atoms with Crippen LogP contribution in [0.3, 0.4) is 0 Å². The Balaban J connectivity index is 4.63. The van der Waals surface area contributed by atoms with Gasteiger partial charge >= 0.3 is 0 Å². The van der Waals surface area contributed by atoms with Gasteiger partial charge in [-0.05, 0) is 38.5 Å². The smallest absolute Gasteiger partial charge is 0.268 e. The predicted molar refractivity (Wildman–Crippen MR) is 150 cm³/mol. The molecule has 0 heterocycles. The Kier molecular flexibility index (Phi) is 21.3. The van der Waals surface area contributed by atoms with Crippen molar-refractivity contribution in [2.45, 2.75) is 109 Å². The number of hydrogen-bond acceptors (Lipinski definition) is 6. The lowest BCUT2D eigenvalue weighted by atomic mass is 10.1. The van der Waals surface area contributed by atoms with Crippen molar-refractivity contribution in [2.24, 2.45) is 0 Å². The van der Waals surface area contributed by atoms with Gasteiger partial charge in [0.05, 0.1) is 39.9 Å². The summed E-state index contributed by atoms with van der Waals surface area (Å²) in [5, 5.41) is 13.4. The molecule has 0 aromatic carbocycles. The van der Waals surface area contributed by atoms with Crippen molar-refractivity contribution >= 4 is 13.7 Å². The molecule has 9 heteroatoms. The fraction of sp³-hybridized carbons (Fsp3) is 0.821. The largest absolute Gasteiger partial charge is 0.756 e. The number of rotatable bonds is 24. The van der Waals surface area contributed by atoms with Crippen LogP contribution in [-0.4, -0.2) is 68.5 Å². The van der Waals surface area contributed by atoms with Gasteiger partial charge < -0.3 is 28.8 Å². The average molecular weight is 547 g/mol. The van der Waals surface area contributed by atoms with Gasteiger partial charge in [-0.2, -0.15) is 0 Å². The zero-order valence-electron chi connectivity index (χ0n) is 24.2. The third kappa shape index (κ3) is 23.8. The number of aliphatic hydroxyl groups excluding tert-OH is 1. The van der Waals surface area contributed by atoms with Crippen molar-refractivity contribution in [3.05, 3.63) is 24.3 Å². The molecule has 0 saturated heterocycles. The number of carbonyl (C=O) groups excluding carboxylic acids is 1. The summed E-state index contributed by atoms with van der Waals surface area (Å²) in [5.41, 5.74) is 0. The summed E-state index contributed by atoms with van der Waals surface area (Å²) in [4.78, 5) is 24.7. The summed E-state index contributed by atoms with van der Waals surface area (Å²) in [6.07, 6.45) is 19.8. The highest BCUT2D eigenvalue weighted by Crippen LogP contribution is 2.38. The zero-order chi connectivity index (χ0) is 28.0. The molecule has 218 valence electrons. The number of hydrogen-bond donors (Lipinski definition) is 2. The van der Waals surface area contributed by atoms with Crippen LogP contribution >= 0.6 is 7.82 Å². The Morgan fingerprint density at radius 1 is 0.919 bits per heavy atom. The molecule has 0 fully saturated rings. The Bertz CT molecular complexity index is 678. The van der Waals surface area contributed by atoms with E-state index in [9.17, 15) is 19.4 Å². The number of aliphatic hydroxyl groups is 1. The first-order chi connectivity index (χ1) is 17.5. The van der Waals surface area contributed by atoms with Crippen molar-refractivity contribution < 1.29 is 32.9 Å². The van der Waals surface area contributed by atoms with E-state index in [4.69, 9.17) is 9.05 Å².